The first-order valence-electron chi connectivity index (χ1n) is 4.67. The number of aliphatic hydroxyl groups excluding tert-OH is 1. The zero-order chi connectivity index (χ0) is 12.1. The minimum atomic E-state index is -1.15. The van der Waals surface area contributed by atoms with Crippen LogP contribution in [0, 0.1) is 0 Å². The molecule has 0 heterocycles. The van der Waals surface area contributed by atoms with Crippen molar-refractivity contribution in [3.8, 4) is 0 Å². The van der Waals surface area contributed by atoms with Crippen LogP contribution in [0.5, 0.6) is 0 Å². The van der Waals surface area contributed by atoms with Crippen molar-refractivity contribution in [1.29, 1.82) is 0 Å². The van der Waals surface area contributed by atoms with Crippen LogP contribution in [0.15, 0.2) is 53.9 Å². The van der Waals surface area contributed by atoms with E-state index < -0.39 is 5.97 Å². The van der Waals surface area contributed by atoms with Crippen molar-refractivity contribution in [2.45, 2.75) is 6.92 Å². The predicted molar refractivity (Wildman–Crippen MR) is 62.2 cm³/mol. The third-order valence-corrected chi connectivity index (χ3v) is 2.10. The third-order valence-electron chi connectivity index (χ3n) is 2.10. The first-order valence-corrected chi connectivity index (χ1v) is 4.67. The van der Waals surface area contributed by atoms with Crippen molar-refractivity contribution in [1.82, 2.24) is 0 Å². The summed E-state index contributed by atoms with van der Waals surface area (Å²) in [7, 11) is 0. The van der Waals surface area contributed by atoms with Crippen molar-refractivity contribution >= 4 is 11.7 Å². The highest BCUT2D eigenvalue weighted by Crippen LogP contribution is 2.14. The number of hydrogen-bond donors (Lipinski definition) is 3. The van der Waals surface area contributed by atoms with Gasteiger partial charge < -0.3 is 15.5 Å². The first-order chi connectivity index (χ1) is 7.52. The van der Waals surface area contributed by atoms with Gasteiger partial charge in [-0.15, -0.1) is 0 Å². The average molecular weight is 219 g/mol. The van der Waals surface area contributed by atoms with E-state index in [-0.39, 0.29) is 17.0 Å². The van der Waals surface area contributed by atoms with Crippen LogP contribution in [0.1, 0.15) is 6.92 Å². The molecule has 0 spiro atoms. The maximum Gasteiger partial charge on any atom is 0.335 e. The van der Waals surface area contributed by atoms with Gasteiger partial charge in [0, 0.05) is 11.3 Å². The first kappa shape index (κ1) is 11.8. The molecule has 0 aromatic heterocycles. The molecule has 16 heavy (non-hydrogen) atoms. The molecule has 1 rings (SSSR count). The molecule has 0 aliphatic rings. The molecule has 0 bridgehead atoms. The fraction of sp³-hybridized carbons (Fsp3) is 0.0833. The zero-order valence-electron chi connectivity index (χ0n) is 8.90. The highest BCUT2D eigenvalue weighted by atomic mass is 16.4. The van der Waals surface area contributed by atoms with Gasteiger partial charge in [0.2, 0.25) is 0 Å². The lowest BCUT2D eigenvalue weighted by Gasteiger charge is -2.08. The Morgan fingerprint density at radius 2 is 1.81 bits per heavy atom. The van der Waals surface area contributed by atoms with E-state index in [9.17, 15) is 9.90 Å². The normalized spacial score (nSPS) is 11.6. The molecular formula is C12H13NO3. The molecule has 4 nitrogen and oxygen atoms in total. The molecule has 0 aliphatic heterocycles. The van der Waals surface area contributed by atoms with Crippen LogP contribution < -0.4 is 5.32 Å². The van der Waals surface area contributed by atoms with Crippen LogP contribution in [-0.2, 0) is 4.79 Å². The van der Waals surface area contributed by atoms with E-state index in [0.717, 1.165) is 0 Å². The second-order valence-corrected chi connectivity index (χ2v) is 3.25. The predicted octanol–water partition coefficient (Wildman–Crippen LogP) is 2.53. The molecule has 0 unspecified atom stereocenters. The minimum Gasteiger partial charge on any atom is -0.494 e. The standard InChI is InChI=1S/C12H13NO3/c1-8(9(2)12(15)16)11(14)13-10-6-4-3-5-7-10/h3-7,13-14H,2H2,1H3,(H,15,16)/b11-8+. The highest BCUT2D eigenvalue weighted by Gasteiger charge is 2.11. The SMILES string of the molecule is C=C(C(=O)O)/C(C)=C(/O)Nc1ccccc1. The van der Waals surface area contributed by atoms with Crippen LogP contribution in [-0.4, -0.2) is 16.2 Å². The van der Waals surface area contributed by atoms with Crippen molar-refractivity contribution < 1.29 is 15.0 Å². The van der Waals surface area contributed by atoms with E-state index >= 15 is 0 Å². The number of anilines is 1. The fourth-order valence-corrected chi connectivity index (χ4v) is 1.06. The molecule has 0 amide bonds. The smallest absolute Gasteiger partial charge is 0.335 e. The summed E-state index contributed by atoms with van der Waals surface area (Å²) in [4.78, 5) is 10.6. The lowest BCUT2D eigenvalue weighted by Crippen LogP contribution is -2.07. The molecular weight excluding hydrogens is 206 g/mol. The van der Waals surface area contributed by atoms with Gasteiger partial charge in [0.15, 0.2) is 5.88 Å². The van der Waals surface area contributed by atoms with E-state index in [1.165, 1.54) is 6.92 Å². The zero-order valence-corrected chi connectivity index (χ0v) is 8.90. The van der Waals surface area contributed by atoms with Crippen LogP contribution in [0.3, 0.4) is 0 Å². The number of nitrogens with one attached hydrogen (secondary N) is 1. The molecule has 4 heteroatoms. The monoisotopic (exact) mass is 219 g/mol. The molecule has 0 saturated heterocycles. The van der Waals surface area contributed by atoms with Gasteiger partial charge >= 0.3 is 5.97 Å². The molecule has 0 saturated carbocycles. The summed E-state index contributed by atoms with van der Waals surface area (Å²) in [6.45, 7) is 4.85. The summed E-state index contributed by atoms with van der Waals surface area (Å²) in [5.41, 5.74) is 0.745. The number of hydrogen-bond acceptors (Lipinski definition) is 3. The van der Waals surface area contributed by atoms with Crippen LogP contribution in [0.4, 0.5) is 5.69 Å². The van der Waals surface area contributed by atoms with Gasteiger partial charge in [0.25, 0.3) is 0 Å². The summed E-state index contributed by atoms with van der Waals surface area (Å²) in [6.07, 6.45) is 0. The molecule has 84 valence electrons. The van der Waals surface area contributed by atoms with E-state index in [1.54, 1.807) is 24.3 Å². The Balaban J connectivity index is 2.86. The molecule has 0 aliphatic carbocycles. The number of aliphatic hydroxyl groups is 1. The average Bonchev–Trinajstić information content (AvgIpc) is 2.28. The van der Waals surface area contributed by atoms with Gasteiger partial charge in [0.05, 0.1) is 5.57 Å². The number of carbonyl (C=O) groups is 1. The lowest BCUT2D eigenvalue weighted by molar-refractivity contribution is -0.132. The summed E-state index contributed by atoms with van der Waals surface area (Å²) >= 11 is 0. The number of para-hydroxylation sites is 1. The summed E-state index contributed by atoms with van der Waals surface area (Å²) in [5, 5.41) is 21.0. The van der Waals surface area contributed by atoms with Crippen molar-refractivity contribution in [3.05, 3.63) is 53.9 Å². The van der Waals surface area contributed by atoms with Gasteiger partial charge in [-0.2, -0.15) is 0 Å². The number of carboxylic acids is 1. The highest BCUT2D eigenvalue weighted by molar-refractivity contribution is 5.91. The van der Waals surface area contributed by atoms with Crippen molar-refractivity contribution in [2.75, 3.05) is 5.32 Å². The van der Waals surface area contributed by atoms with Gasteiger partial charge in [-0.25, -0.2) is 4.79 Å². The molecule has 3 N–H and O–H groups in total. The van der Waals surface area contributed by atoms with Crippen molar-refractivity contribution in [2.24, 2.45) is 0 Å². The molecule has 0 fully saturated rings. The number of benzene rings is 1. The summed E-state index contributed by atoms with van der Waals surface area (Å²) < 4.78 is 0. The third kappa shape index (κ3) is 2.88. The Morgan fingerprint density at radius 3 is 2.31 bits per heavy atom. The van der Waals surface area contributed by atoms with Crippen molar-refractivity contribution in [3.63, 3.8) is 0 Å². The Kier molecular flexibility index (Phi) is 3.72. The summed E-state index contributed by atoms with van der Waals surface area (Å²) in [5.74, 6) is -1.36. The fourth-order valence-electron chi connectivity index (χ4n) is 1.06. The Morgan fingerprint density at radius 1 is 1.25 bits per heavy atom. The van der Waals surface area contributed by atoms with Gasteiger partial charge in [-0.1, -0.05) is 24.8 Å². The van der Waals surface area contributed by atoms with Gasteiger partial charge in [-0.3, -0.25) is 0 Å². The van der Waals surface area contributed by atoms with Crippen LogP contribution >= 0.6 is 0 Å². The van der Waals surface area contributed by atoms with Crippen LogP contribution in [0.2, 0.25) is 0 Å². The number of rotatable bonds is 4. The second-order valence-electron chi connectivity index (χ2n) is 3.25. The quantitative estimate of drug-likeness (QED) is 0.413. The Bertz CT molecular complexity index is 435. The largest absolute Gasteiger partial charge is 0.494 e. The Hall–Kier alpha value is -2.23. The van der Waals surface area contributed by atoms with E-state index in [1.807, 2.05) is 6.07 Å². The molecule has 0 radical (unpaired) electrons. The van der Waals surface area contributed by atoms with E-state index in [2.05, 4.69) is 11.9 Å². The van der Waals surface area contributed by atoms with E-state index in [0.29, 0.717) is 5.69 Å². The topological polar surface area (TPSA) is 69.6 Å². The number of aliphatic carboxylic acids is 1. The lowest BCUT2D eigenvalue weighted by atomic mass is 10.1. The van der Waals surface area contributed by atoms with Gasteiger partial charge in [0.1, 0.15) is 0 Å². The second kappa shape index (κ2) is 5.02. The molecule has 1 aromatic carbocycles. The minimum absolute atomic E-state index is 0.138. The maximum absolute atomic E-state index is 10.6. The summed E-state index contributed by atoms with van der Waals surface area (Å²) in [6, 6.07) is 8.96. The van der Waals surface area contributed by atoms with Crippen LogP contribution in [0.25, 0.3) is 0 Å². The maximum atomic E-state index is 10.6. The van der Waals surface area contributed by atoms with E-state index in [4.69, 9.17) is 5.11 Å². The Labute approximate surface area is 93.5 Å². The molecule has 1 aromatic rings. The van der Waals surface area contributed by atoms with Gasteiger partial charge in [-0.05, 0) is 19.1 Å². The molecule has 0 atom stereocenters. The number of carboxylic acid groups (broad SMARTS) is 1.